The summed E-state index contributed by atoms with van der Waals surface area (Å²) in [4.78, 5) is 21.3. The van der Waals surface area contributed by atoms with Crippen LogP contribution in [0.2, 0.25) is 0 Å². The van der Waals surface area contributed by atoms with Crippen molar-refractivity contribution in [3.8, 4) is 11.6 Å². The van der Waals surface area contributed by atoms with Crippen LogP contribution in [0.5, 0.6) is 5.88 Å². The Morgan fingerprint density at radius 3 is 2.52 bits per heavy atom. The summed E-state index contributed by atoms with van der Waals surface area (Å²) in [6.07, 6.45) is 3.41. The van der Waals surface area contributed by atoms with Gasteiger partial charge in [-0.1, -0.05) is 48.0 Å². The highest BCUT2D eigenvalue weighted by Crippen LogP contribution is 2.19. The maximum atomic E-state index is 12.4. The molecule has 2 heterocycles. The lowest BCUT2D eigenvalue weighted by Crippen LogP contribution is -3.12. The number of nitrogens with one attached hydrogen (secondary N) is 2. The van der Waals surface area contributed by atoms with E-state index in [-0.39, 0.29) is 22.3 Å². The number of hydrogen-bond acceptors (Lipinski definition) is 4. The number of benzene rings is 2. The van der Waals surface area contributed by atoms with Gasteiger partial charge >= 0.3 is 0 Å². The molecule has 4 rings (SSSR count). The predicted octanol–water partition coefficient (Wildman–Crippen LogP) is 2.58. The van der Waals surface area contributed by atoms with Crippen molar-refractivity contribution >= 4 is 18.4 Å². The van der Waals surface area contributed by atoms with Gasteiger partial charge in [0.2, 0.25) is 5.88 Å². The Bertz CT molecular complexity index is 1170. The molecule has 3 N–H and O–H groups in total. The minimum atomic E-state index is -0.429. The molecule has 160 valence electrons. The summed E-state index contributed by atoms with van der Waals surface area (Å²) in [5.74, 6) is -0.187. The number of aryl methyl sites for hydroxylation is 1. The summed E-state index contributed by atoms with van der Waals surface area (Å²) in [5.41, 5.74) is 2.84. The van der Waals surface area contributed by atoms with E-state index in [0.29, 0.717) is 5.69 Å². The Labute approximate surface area is 186 Å². The van der Waals surface area contributed by atoms with Crippen LogP contribution in [0.1, 0.15) is 29.5 Å². The highest BCUT2D eigenvalue weighted by Gasteiger charge is 2.22. The van der Waals surface area contributed by atoms with Crippen LogP contribution in [0.25, 0.3) is 5.69 Å². The maximum Gasteiger partial charge on any atom is 0.264 e. The van der Waals surface area contributed by atoms with Crippen molar-refractivity contribution in [2.75, 3.05) is 13.1 Å². The van der Waals surface area contributed by atoms with Gasteiger partial charge in [0, 0.05) is 24.6 Å². The molecule has 7 heteroatoms. The lowest BCUT2D eigenvalue weighted by atomic mass is 10.0. The van der Waals surface area contributed by atoms with Crippen molar-refractivity contribution < 1.29 is 10.0 Å². The van der Waals surface area contributed by atoms with E-state index in [0.717, 1.165) is 38.0 Å². The smallest absolute Gasteiger partial charge is 0.264 e. The van der Waals surface area contributed by atoms with E-state index in [4.69, 9.17) is 12.2 Å². The third-order valence-electron chi connectivity index (χ3n) is 5.79. The van der Waals surface area contributed by atoms with E-state index in [1.54, 1.807) is 4.90 Å². The molecule has 1 aliphatic heterocycles. The van der Waals surface area contributed by atoms with Crippen LogP contribution in [0.4, 0.5) is 0 Å². The Hall–Kier alpha value is -3.03. The van der Waals surface area contributed by atoms with Crippen molar-refractivity contribution in [1.29, 1.82) is 0 Å². The first-order valence-corrected chi connectivity index (χ1v) is 11.0. The maximum absolute atomic E-state index is 12.4. The summed E-state index contributed by atoms with van der Waals surface area (Å²) >= 11 is 5.28. The van der Waals surface area contributed by atoms with E-state index in [9.17, 15) is 9.90 Å². The zero-order chi connectivity index (χ0) is 21.8. The van der Waals surface area contributed by atoms with Crippen molar-refractivity contribution in [3.63, 3.8) is 0 Å². The van der Waals surface area contributed by atoms with Gasteiger partial charge in [-0.15, -0.1) is 0 Å². The molecule has 3 aromatic rings. The average Bonchev–Trinajstić information content (AvgIpc) is 2.76. The summed E-state index contributed by atoms with van der Waals surface area (Å²) < 4.78 is 1.62. The van der Waals surface area contributed by atoms with Crippen molar-refractivity contribution in [3.05, 3.63) is 86.4 Å². The van der Waals surface area contributed by atoms with Gasteiger partial charge in [0.25, 0.3) is 5.56 Å². The predicted molar refractivity (Wildman–Crippen MR) is 125 cm³/mol. The molecule has 6 nitrogen and oxygen atoms in total. The normalized spacial score (nSPS) is 19.0. The van der Waals surface area contributed by atoms with Gasteiger partial charge in [0.05, 0.1) is 24.8 Å². The first-order chi connectivity index (χ1) is 15.0. The van der Waals surface area contributed by atoms with E-state index in [2.05, 4.69) is 34.2 Å². The van der Waals surface area contributed by atoms with E-state index < -0.39 is 5.56 Å². The second-order valence-corrected chi connectivity index (χ2v) is 8.48. The van der Waals surface area contributed by atoms with Gasteiger partial charge in [-0.05, 0) is 31.3 Å². The van der Waals surface area contributed by atoms with Crippen LogP contribution in [0.15, 0.2) is 64.4 Å². The van der Waals surface area contributed by atoms with Gasteiger partial charge in [0.1, 0.15) is 12.1 Å². The Kier molecular flexibility index (Phi) is 6.44. The van der Waals surface area contributed by atoms with Crippen LogP contribution in [-0.4, -0.2) is 40.0 Å². The van der Waals surface area contributed by atoms with Crippen LogP contribution in [0, 0.1) is 11.7 Å². The molecule has 0 spiro atoms. The Balaban J connectivity index is 1.48. The molecule has 0 amide bonds. The second-order valence-electron chi connectivity index (χ2n) is 8.09. The minimum Gasteiger partial charge on any atom is -0.494 e. The number of piperidine rings is 1. The molecule has 0 radical (unpaired) electrons. The van der Waals surface area contributed by atoms with E-state index >= 15 is 0 Å². The number of hydrogen-bond donors (Lipinski definition) is 3. The third kappa shape index (κ3) is 5.00. The lowest BCUT2D eigenvalue weighted by Gasteiger charge is -2.27. The number of quaternary nitrogens is 1. The molecule has 1 fully saturated rings. The zero-order valence-corrected chi connectivity index (χ0v) is 18.4. The Morgan fingerprint density at radius 2 is 1.84 bits per heavy atom. The number of H-pyrrole nitrogens is 1. The number of aromatic nitrogens is 2. The standard InChI is InChI=1S/C24H26N4O2S/c1-17-7-9-20(10-8-17)28-23(30)21(22(29)26-24(28)31)15-25-19-11-13-27(14-12-19)16-18-5-3-2-4-6-18/h2-10,15,19,30H,11-14,16H2,1H3,(H,26,29,31)/p+1. The van der Waals surface area contributed by atoms with Crippen LogP contribution < -0.4 is 10.5 Å². The molecule has 0 bridgehead atoms. The summed E-state index contributed by atoms with van der Waals surface area (Å²) in [6, 6.07) is 18.2. The number of rotatable bonds is 5. The molecular weight excluding hydrogens is 408 g/mol. The molecule has 1 saturated heterocycles. The number of aromatic hydroxyl groups is 1. The number of aromatic amines is 1. The summed E-state index contributed by atoms with van der Waals surface area (Å²) in [6.45, 7) is 5.08. The topological polar surface area (TPSA) is 74.8 Å². The number of likely N-dealkylation sites (tertiary alicyclic amines) is 1. The molecule has 31 heavy (non-hydrogen) atoms. The molecule has 0 atom stereocenters. The van der Waals surface area contributed by atoms with Crippen LogP contribution >= 0.6 is 12.2 Å². The van der Waals surface area contributed by atoms with Gasteiger partial charge in [-0.2, -0.15) is 0 Å². The molecule has 1 aromatic heterocycles. The minimum absolute atomic E-state index is 0.133. The molecule has 1 aliphatic rings. The van der Waals surface area contributed by atoms with Gasteiger partial charge in [-0.25, -0.2) is 0 Å². The average molecular weight is 436 g/mol. The highest BCUT2D eigenvalue weighted by molar-refractivity contribution is 7.71. The first kappa shape index (κ1) is 21.2. The fourth-order valence-corrected chi connectivity index (χ4v) is 4.27. The monoisotopic (exact) mass is 435 g/mol. The van der Waals surface area contributed by atoms with Gasteiger partial charge < -0.3 is 10.0 Å². The van der Waals surface area contributed by atoms with Crippen molar-refractivity contribution in [2.24, 2.45) is 4.99 Å². The molecule has 0 saturated carbocycles. The largest absolute Gasteiger partial charge is 0.494 e. The van der Waals surface area contributed by atoms with Crippen LogP contribution in [0.3, 0.4) is 0 Å². The van der Waals surface area contributed by atoms with E-state index in [1.807, 2.05) is 37.3 Å². The SMILES string of the molecule is Cc1ccc(-n2c(O)c(C=NC3CC[NH+](Cc4ccccc4)CC3)c(=O)[nH]c2=S)cc1. The summed E-state index contributed by atoms with van der Waals surface area (Å²) in [5, 5.41) is 10.8. The third-order valence-corrected chi connectivity index (χ3v) is 6.07. The van der Waals surface area contributed by atoms with Crippen molar-refractivity contribution in [1.82, 2.24) is 9.55 Å². The molecular formula is C24H27N4O2S+. The Morgan fingerprint density at radius 1 is 1.16 bits per heavy atom. The quantitative estimate of drug-likeness (QED) is 0.426. The molecule has 0 unspecified atom stereocenters. The van der Waals surface area contributed by atoms with Gasteiger partial charge in [0.15, 0.2) is 4.77 Å². The second kappa shape index (κ2) is 9.41. The number of aliphatic imine (C=N–C) groups is 1. The summed E-state index contributed by atoms with van der Waals surface area (Å²) in [7, 11) is 0. The highest BCUT2D eigenvalue weighted by atomic mass is 32.1. The van der Waals surface area contributed by atoms with Gasteiger partial charge in [-0.3, -0.25) is 19.3 Å². The molecule has 0 aliphatic carbocycles. The zero-order valence-electron chi connectivity index (χ0n) is 17.5. The van der Waals surface area contributed by atoms with Crippen molar-refractivity contribution in [2.45, 2.75) is 32.4 Å². The fourth-order valence-electron chi connectivity index (χ4n) is 3.99. The lowest BCUT2D eigenvalue weighted by molar-refractivity contribution is -0.918. The molecule has 2 aromatic carbocycles. The number of nitrogens with zero attached hydrogens (tertiary/aromatic N) is 2. The fraction of sp³-hybridized carbons (Fsp3) is 0.292. The van der Waals surface area contributed by atoms with Crippen LogP contribution in [-0.2, 0) is 6.54 Å². The van der Waals surface area contributed by atoms with E-state index in [1.165, 1.54) is 16.3 Å². The first-order valence-electron chi connectivity index (χ1n) is 10.6.